The summed E-state index contributed by atoms with van der Waals surface area (Å²) in [6.07, 6.45) is 0.364. The highest BCUT2D eigenvalue weighted by atomic mass is 32.2. The molecule has 0 fully saturated rings. The normalized spacial score (nSPS) is 11.6. The molecule has 118 valence electrons. The van der Waals surface area contributed by atoms with Crippen LogP contribution in [0, 0.1) is 11.7 Å². The van der Waals surface area contributed by atoms with E-state index in [1.54, 1.807) is 0 Å². The molecule has 0 heterocycles. The zero-order valence-electron chi connectivity index (χ0n) is 12.2. The summed E-state index contributed by atoms with van der Waals surface area (Å²) in [4.78, 5) is 11.7. The summed E-state index contributed by atoms with van der Waals surface area (Å²) in [7, 11) is -3.26. The molecule has 21 heavy (non-hydrogen) atoms. The molecule has 0 saturated carbocycles. The van der Waals surface area contributed by atoms with Gasteiger partial charge in [0, 0.05) is 12.1 Å². The summed E-state index contributed by atoms with van der Waals surface area (Å²) in [5.41, 5.74) is 5.77. The van der Waals surface area contributed by atoms with E-state index in [1.807, 2.05) is 13.8 Å². The second kappa shape index (κ2) is 7.40. The fourth-order valence-corrected chi connectivity index (χ4v) is 3.15. The highest BCUT2D eigenvalue weighted by molar-refractivity contribution is 7.91. The fourth-order valence-electron chi connectivity index (χ4n) is 1.62. The number of anilines is 2. The largest absolute Gasteiger partial charge is 0.399 e. The number of halogens is 1. The van der Waals surface area contributed by atoms with Gasteiger partial charge in [-0.15, -0.1) is 0 Å². The number of hydrogen-bond acceptors (Lipinski definition) is 4. The Morgan fingerprint density at radius 3 is 2.62 bits per heavy atom. The molecule has 1 rings (SSSR count). The van der Waals surface area contributed by atoms with Crippen molar-refractivity contribution >= 4 is 27.1 Å². The van der Waals surface area contributed by atoms with Crippen LogP contribution in [0.3, 0.4) is 0 Å². The predicted octanol–water partition coefficient (Wildman–Crippen LogP) is 2.20. The Kier molecular flexibility index (Phi) is 6.14. The number of carbonyl (C=O) groups excluding carboxylic acids is 1. The topological polar surface area (TPSA) is 89.3 Å². The molecule has 1 amide bonds. The highest BCUT2D eigenvalue weighted by Gasteiger charge is 2.15. The van der Waals surface area contributed by atoms with E-state index in [0.29, 0.717) is 12.1 Å². The molecule has 0 atom stereocenters. The molecule has 0 aliphatic heterocycles. The number of nitrogens with one attached hydrogen (secondary N) is 1. The lowest BCUT2D eigenvalue weighted by molar-refractivity contribution is -0.115. The summed E-state index contributed by atoms with van der Waals surface area (Å²) >= 11 is 0. The van der Waals surface area contributed by atoms with Crippen LogP contribution < -0.4 is 11.1 Å². The van der Waals surface area contributed by atoms with E-state index >= 15 is 0 Å². The lowest BCUT2D eigenvalue weighted by atomic mass is 10.2. The summed E-state index contributed by atoms with van der Waals surface area (Å²) in [6, 6.07) is 3.81. The standard InChI is InChI=1S/C14H21FN2O3S/c1-10(2)5-7-21(19,20)8-6-14(18)17-13-9-11(16)3-4-12(13)15/h3-4,9-10H,5-8,16H2,1-2H3,(H,17,18). The average molecular weight is 316 g/mol. The molecule has 0 aromatic heterocycles. The van der Waals surface area contributed by atoms with Crippen molar-refractivity contribution in [3.63, 3.8) is 0 Å². The van der Waals surface area contributed by atoms with Gasteiger partial charge >= 0.3 is 0 Å². The summed E-state index contributed by atoms with van der Waals surface area (Å²) in [6.45, 7) is 3.87. The first-order chi connectivity index (χ1) is 9.69. The van der Waals surface area contributed by atoms with E-state index in [4.69, 9.17) is 5.73 Å². The van der Waals surface area contributed by atoms with Crippen molar-refractivity contribution in [3.05, 3.63) is 24.0 Å². The molecule has 3 N–H and O–H groups in total. The van der Waals surface area contributed by atoms with E-state index in [-0.39, 0.29) is 29.5 Å². The molecule has 0 bridgehead atoms. The fraction of sp³-hybridized carbons (Fsp3) is 0.500. The first kappa shape index (κ1) is 17.4. The van der Waals surface area contributed by atoms with Crippen LogP contribution in [0.15, 0.2) is 18.2 Å². The van der Waals surface area contributed by atoms with E-state index in [1.165, 1.54) is 12.1 Å². The number of amides is 1. The SMILES string of the molecule is CC(C)CCS(=O)(=O)CCC(=O)Nc1cc(N)ccc1F. The molecule has 0 aliphatic carbocycles. The van der Waals surface area contributed by atoms with Gasteiger partial charge in [-0.2, -0.15) is 0 Å². The smallest absolute Gasteiger partial charge is 0.225 e. The maximum atomic E-state index is 13.4. The molecular weight excluding hydrogens is 295 g/mol. The molecule has 7 heteroatoms. The van der Waals surface area contributed by atoms with Gasteiger partial charge in [-0.05, 0) is 30.5 Å². The van der Waals surface area contributed by atoms with Gasteiger partial charge in [0.2, 0.25) is 5.91 Å². The maximum absolute atomic E-state index is 13.4. The third-order valence-corrected chi connectivity index (χ3v) is 4.59. The van der Waals surface area contributed by atoms with E-state index in [0.717, 1.165) is 6.07 Å². The van der Waals surface area contributed by atoms with Crippen LogP contribution in [0.1, 0.15) is 26.7 Å². The van der Waals surface area contributed by atoms with Gasteiger partial charge in [0.05, 0.1) is 17.2 Å². The Bertz CT molecular complexity index is 600. The van der Waals surface area contributed by atoms with Crippen molar-refractivity contribution < 1.29 is 17.6 Å². The third kappa shape index (κ3) is 6.57. The number of nitrogen functional groups attached to an aromatic ring is 1. The van der Waals surface area contributed by atoms with Crippen LogP contribution in [0.2, 0.25) is 0 Å². The second-order valence-electron chi connectivity index (χ2n) is 5.37. The van der Waals surface area contributed by atoms with Crippen molar-refractivity contribution in [3.8, 4) is 0 Å². The maximum Gasteiger partial charge on any atom is 0.225 e. The monoisotopic (exact) mass is 316 g/mol. The lowest BCUT2D eigenvalue weighted by Crippen LogP contribution is -2.20. The van der Waals surface area contributed by atoms with E-state index < -0.39 is 21.6 Å². The Hall–Kier alpha value is -1.63. The Morgan fingerprint density at radius 1 is 1.33 bits per heavy atom. The van der Waals surface area contributed by atoms with Crippen LogP contribution in [-0.4, -0.2) is 25.8 Å². The second-order valence-corrected chi connectivity index (χ2v) is 7.68. The molecule has 0 unspecified atom stereocenters. The Morgan fingerprint density at radius 2 is 2.00 bits per heavy atom. The number of sulfone groups is 1. The first-order valence-corrected chi connectivity index (χ1v) is 8.57. The van der Waals surface area contributed by atoms with Crippen molar-refractivity contribution in [1.29, 1.82) is 0 Å². The highest BCUT2D eigenvalue weighted by Crippen LogP contribution is 2.17. The Balaban J connectivity index is 2.53. The summed E-state index contributed by atoms with van der Waals surface area (Å²) < 4.78 is 36.9. The van der Waals surface area contributed by atoms with Gasteiger partial charge in [-0.3, -0.25) is 4.79 Å². The summed E-state index contributed by atoms with van der Waals surface area (Å²) in [5.74, 6) is -1.05. The molecule has 1 aromatic carbocycles. The van der Waals surface area contributed by atoms with Gasteiger partial charge < -0.3 is 11.1 Å². The average Bonchev–Trinajstić information content (AvgIpc) is 2.39. The molecule has 5 nitrogen and oxygen atoms in total. The Labute approximate surface area is 124 Å². The zero-order valence-corrected chi connectivity index (χ0v) is 13.0. The van der Waals surface area contributed by atoms with Gasteiger partial charge in [0.25, 0.3) is 0 Å². The summed E-state index contributed by atoms with van der Waals surface area (Å²) in [5, 5.41) is 2.33. The van der Waals surface area contributed by atoms with Gasteiger partial charge in [-0.25, -0.2) is 12.8 Å². The first-order valence-electron chi connectivity index (χ1n) is 6.75. The predicted molar refractivity (Wildman–Crippen MR) is 82.2 cm³/mol. The third-order valence-electron chi connectivity index (χ3n) is 2.91. The van der Waals surface area contributed by atoms with Crippen molar-refractivity contribution in [1.82, 2.24) is 0 Å². The molecule has 0 radical (unpaired) electrons. The molecule has 0 saturated heterocycles. The molecule has 0 spiro atoms. The van der Waals surface area contributed by atoms with Crippen molar-refractivity contribution in [2.75, 3.05) is 22.6 Å². The zero-order chi connectivity index (χ0) is 16.0. The minimum Gasteiger partial charge on any atom is -0.399 e. The van der Waals surface area contributed by atoms with Crippen LogP contribution >= 0.6 is 0 Å². The van der Waals surface area contributed by atoms with Crippen molar-refractivity contribution in [2.45, 2.75) is 26.7 Å². The minimum atomic E-state index is -3.26. The van der Waals surface area contributed by atoms with Crippen LogP contribution in [0.5, 0.6) is 0 Å². The molecule has 1 aromatic rings. The molecule has 0 aliphatic rings. The van der Waals surface area contributed by atoms with E-state index in [9.17, 15) is 17.6 Å². The van der Waals surface area contributed by atoms with Crippen LogP contribution in [-0.2, 0) is 14.6 Å². The number of rotatable bonds is 7. The number of benzene rings is 1. The van der Waals surface area contributed by atoms with Crippen molar-refractivity contribution in [2.24, 2.45) is 5.92 Å². The van der Waals surface area contributed by atoms with E-state index in [2.05, 4.69) is 5.32 Å². The minimum absolute atomic E-state index is 0.0421. The van der Waals surface area contributed by atoms with Crippen LogP contribution in [0.25, 0.3) is 0 Å². The van der Waals surface area contributed by atoms with Gasteiger partial charge in [-0.1, -0.05) is 13.8 Å². The number of carbonyl (C=O) groups is 1. The van der Waals surface area contributed by atoms with Crippen LogP contribution in [0.4, 0.5) is 15.8 Å². The number of nitrogens with two attached hydrogens (primary N) is 1. The quantitative estimate of drug-likeness (QED) is 0.755. The molecular formula is C14H21FN2O3S. The lowest BCUT2D eigenvalue weighted by Gasteiger charge is -2.08. The van der Waals surface area contributed by atoms with Gasteiger partial charge in [0.15, 0.2) is 9.84 Å². The number of hydrogen-bond donors (Lipinski definition) is 2. The van der Waals surface area contributed by atoms with Gasteiger partial charge in [0.1, 0.15) is 5.82 Å².